The van der Waals surface area contributed by atoms with Gasteiger partial charge in [-0.3, -0.25) is 4.79 Å². The summed E-state index contributed by atoms with van der Waals surface area (Å²) in [6, 6.07) is 3.12. The molecule has 0 heterocycles. The number of hydrogen-bond acceptors (Lipinski definition) is 3. The van der Waals surface area contributed by atoms with Crippen molar-refractivity contribution in [1.82, 2.24) is 5.01 Å². The SMILES string of the molecule is C=NN(CN)C(=O)c1c(F)cccc1F. The van der Waals surface area contributed by atoms with Crippen molar-refractivity contribution in [3.8, 4) is 0 Å². The number of hydrogen-bond donors (Lipinski definition) is 1. The van der Waals surface area contributed by atoms with E-state index in [1.54, 1.807) is 0 Å². The maximum absolute atomic E-state index is 13.1. The van der Waals surface area contributed by atoms with E-state index in [0.29, 0.717) is 5.01 Å². The molecule has 0 bridgehead atoms. The zero-order valence-corrected chi connectivity index (χ0v) is 7.78. The minimum atomic E-state index is -0.956. The van der Waals surface area contributed by atoms with Crippen LogP contribution in [0.5, 0.6) is 0 Å². The first kappa shape index (κ1) is 11.3. The van der Waals surface area contributed by atoms with Crippen LogP contribution in [0.1, 0.15) is 10.4 Å². The van der Waals surface area contributed by atoms with Crippen molar-refractivity contribution in [2.75, 3.05) is 6.67 Å². The van der Waals surface area contributed by atoms with Crippen molar-refractivity contribution < 1.29 is 13.6 Å². The quantitative estimate of drug-likeness (QED) is 0.461. The van der Waals surface area contributed by atoms with Gasteiger partial charge in [0.15, 0.2) is 0 Å². The van der Waals surface area contributed by atoms with Crippen LogP contribution in [-0.2, 0) is 0 Å². The lowest BCUT2D eigenvalue weighted by Crippen LogP contribution is -2.32. The first-order valence-corrected chi connectivity index (χ1v) is 4.04. The van der Waals surface area contributed by atoms with E-state index in [-0.39, 0.29) is 6.67 Å². The predicted molar refractivity (Wildman–Crippen MR) is 51.1 cm³/mol. The molecule has 0 fully saturated rings. The molecular formula is C9H9F2N3O. The largest absolute Gasteiger partial charge is 0.312 e. The van der Waals surface area contributed by atoms with E-state index in [9.17, 15) is 13.6 Å². The molecule has 0 spiro atoms. The lowest BCUT2D eigenvalue weighted by atomic mass is 10.2. The van der Waals surface area contributed by atoms with E-state index >= 15 is 0 Å². The van der Waals surface area contributed by atoms with Gasteiger partial charge in [-0.15, -0.1) is 0 Å². The number of nitrogens with two attached hydrogens (primary N) is 1. The van der Waals surface area contributed by atoms with Crippen LogP contribution in [0.4, 0.5) is 8.78 Å². The van der Waals surface area contributed by atoms with Crippen LogP contribution in [0.25, 0.3) is 0 Å². The average Bonchev–Trinajstić information content (AvgIpc) is 2.19. The second kappa shape index (κ2) is 4.61. The molecule has 6 heteroatoms. The smallest absolute Gasteiger partial charge is 0.281 e. The molecular weight excluding hydrogens is 204 g/mol. The van der Waals surface area contributed by atoms with Gasteiger partial charge in [-0.2, -0.15) is 5.10 Å². The maximum Gasteiger partial charge on any atom is 0.281 e. The summed E-state index contributed by atoms with van der Waals surface area (Å²) in [4.78, 5) is 11.5. The summed E-state index contributed by atoms with van der Waals surface area (Å²) in [5.74, 6) is -2.87. The number of rotatable bonds is 3. The zero-order valence-electron chi connectivity index (χ0n) is 7.78. The first-order chi connectivity index (χ1) is 7.11. The molecule has 0 saturated carbocycles. The van der Waals surface area contributed by atoms with Gasteiger partial charge in [0.25, 0.3) is 5.91 Å². The number of amides is 1. The zero-order chi connectivity index (χ0) is 11.4. The second-order valence-corrected chi connectivity index (χ2v) is 2.63. The van der Waals surface area contributed by atoms with Crippen LogP contribution >= 0.6 is 0 Å². The number of halogens is 2. The van der Waals surface area contributed by atoms with Gasteiger partial charge in [0, 0.05) is 6.72 Å². The molecule has 0 atom stereocenters. The lowest BCUT2D eigenvalue weighted by Gasteiger charge is -2.14. The molecule has 15 heavy (non-hydrogen) atoms. The summed E-state index contributed by atoms with van der Waals surface area (Å²) in [6.07, 6.45) is 0. The third-order valence-electron chi connectivity index (χ3n) is 1.75. The monoisotopic (exact) mass is 213 g/mol. The van der Waals surface area contributed by atoms with Gasteiger partial charge >= 0.3 is 0 Å². The fraction of sp³-hybridized carbons (Fsp3) is 0.111. The minimum Gasteiger partial charge on any atom is -0.312 e. The molecule has 0 radical (unpaired) electrons. The number of carbonyl (C=O) groups is 1. The maximum atomic E-state index is 13.1. The summed E-state index contributed by atoms with van der Waals surface area (Å²) < 4.78 is 26.3. The van der Waals surface area contributed by atoms with Gasteiger partial charge in [-0.25, -0.2) is 13.8 Å². The van der Waals surface area contributed by atoms with Crippen LogP contribution in [0, 0.1) is 11.6 Å². The van der Waals surface area contributed by atoms with Gasteiger partial charge in [-0.05, 0) is 12.1 Å². The van der Waals surface area contributed by atoms with Gasteiger partial charge in [0.1, 0.15) is 17.2 Å². The summed E-state index contributed by atoms with van der Waals surface area (Å²) >= 11 is 0. The van der Waals surface area contributed by atoms with E-state index < -0.39 is 23.1 Å². The van der Waals surface area contributed by atoms with Crippen molar-refractivity contribution in [2.24, 2.45) is 10.8 Å². The Balaban J connectivity index is 3.15. The molecule has 0 aromatic heterocycles. The van der Waals surface area contributed by atoms with E-state index in [1.165, 1.54) is 0 Å². The Morgan fingerprint density at radius 2 is 2.00 bits per heavy atom. The van der Waals surface area contributed by atoms with Crippen LogP contribution in [-0.4, -0.2) is 24.3 Å². The highest BCUT2D eigenvalue weighted by atomic mass is 19.1. The molecule has 0 aliphatic heterocycles. The van der Waals surface area contributed by atoms with Crippen molar-refractivity contribution in [1.29, 1.82) is 0 Å². The van der Waals surface area contributed by atoms with Crippen molar-refractivity contribution in [2.45, 2.75) is 0 Å². The fourth-order valence-electron chi connectivity index (χ4n) is 1.04. The highest BCUT2D eigenvalue weighted by Crippen LogP contribution is 2.14. The first-order valence-electron chi connectivity index (χ1n) is 4.04. The number of carbonyl (C=O) groups excluding carboxylic acids is 1. The van der Waals surface area contributed by atoms with E-state index in [2.05, 4.69) is 11.8 Å². The second-order valence-electron chi connectivity index (χ2n) is 2.63. The number of benzene rings is 1. The average molecular weight is 213 g/mol. The summed E-state index contributed by atoms with van der Waals surface area (Å²) in [7, 11) is 0. The fourth-order valence-corrected chi connectivity index (χ4v) is 1.04. The third kappa shape index (κ3) is 2.16. The Bertz CT molecular complexity index is 375. The summed E-state index contributed by atoms with van der Waals surface area (Å²) in [5, 5.41) is 3.91. The predicted octanol–water partition coefficient (Wildman–Crippen LogP) is 0.939. The Hall–Kier alpha value is -1.82. The highest BCUT2D eigenvalue weighted by molar-refractivity contribution is 5.94. The van der Waals surface area contributed by atoms with Crippen molar-refractivity contribution >= 4 is 12.6 Å². The topological polar surface area (TPSA) is 58.7 Å². The lowest BCUT2D eigenvalue weighted by molar-refractivity contribution is 0.0757. The molecule has 0 saturated heterocycles. The normalized spacial score (nSPS) is 9.80. The Kier molecular flexibility index (Phi) is 3.46. The third-order valence-corrected chi connectivity index (χ3v) is 1.75. The molecule has 1 rings (SSSR count). The Morgan fingerprint density at radius 1 is 1.47 bits per heavy atom. The molecule has 80 valence electrons. The van der Waals surface area contributed by atoms with Gasteiger partial charge in [0.2, 0.25) is 0 Å². The molecule has 1 aromatic rings. The van der Waals surface area contributed by atoms with E-state index in [0.717, 1.165) is 18.2 Å². The number of nitrogens with zero attached hydrogens (tertiary/aromatic N) is 2. The van der Waals surface area contributed by atoms with E-state index in [1.807, 2.05) is 0 Å². The molecule has 2 N–H and O–H groups in total. The van der Waals surface area contributed by atoms with Crippen molar-refractivity contribution in [3.05, 3.63) is 35.4 Å². The van der Waals surface area contributed by atoms with E-state index in [4.69, 9.17) is 5.73 Å². The Labute approximate surface area is 85.0 Å². The van der Waals surface area contributed by atoms with Crippen molar-refractivity contribution in [3.63, 3.8) is 0 Å². The molecule has 0 aliphatic rings. The molecule has 1 amide bonds. The summed E-state index contributed by atoms with van der Waals surface area (Å²) in [6.45, 7) is 2.77. The van der Waals surface area contributed by atoms with Crippen LogP contribution in [0.2, 0.25) is 0 Å². The summed E-state index contributed by atoms with van der Waals surface area (Å²) in [5.41, 5.74) is 4.46. The molecule has 0 aliphatic carbocycles. The standard InChI is InChI=1S/C9H9F2N3O/c1-13-14(5-12)9(15)8-6(10)3-2-4-7(8)11/h2-4H,1,5,12H2. The van der Waals surface area contributed by atoms with Crippen LogP contribution in [0.3, 0.4) is 0 Å². The minimum absolute atomic E-state index is 0.296. The number of hydrazone groups is 1. The molecule has 4 nitrogen and oxygen atoms in total. The van der Waals surface area contributed by atoms with Gasteiger partial charge < -0.3 is 5.73 Å². The molecule has 0 unspecified atom stereocenters. The molecule has 1 aromatic carbocycles. The van der Waals surface area contributed by atoms with Gasteiger partial charge in [-0.1, -0.05) is 6.07 Å². The highest BCUT2D eigenvalue weighted by Gasteiger charge is 2.21. The van der Waals surface area contributed by atoms with Gasteiger partial charge in [0.05, 0.1) is 6.67 Å². The Morgan fingerprint density at radius 3 is 2.40 bits per heavy atom. The van der Waals surface area contributed by atoms with Crippen LogP contribution < -0.4 is 5.73 Å². The van der Waals surface area contributed by atoms with Crippen LogP contribution in [0.15, 0.2) is 23.3 Å².